The molecule has 90 valence electrons. The Balaban J connectivity index is 2.12. The van der Waals surface area contributed by atoms with Crippen molar-refractivity contribution in [3.8, 4) is 6.07 Å². The first kappa shape index (κ1) is 12.7. The SMILES string of the molecule is Cc1ccccc1CNc1ccc(C#N)cc1Br. The highest BCUT2D eigenvalue weighted by molar-refractivity contribution is 9.10. The van der Waals surface area contributed by atoms with Crippen molar-refractivity contribution < 1.29 is 0 Å². The maximum atomic E-state index is 8.81. The number of nitriles is 1. The molecular formula is C15H13BrN2. The fourth-order valence-corrected chi connectivity index (χ4v) is 2.25. The van der Waals surface area contributed by atoms with E-state index in [9.17, 15) is 0 Å². The summed E-state index contributed by atoms with van der Waals surface area (Å²) >= 11 is 3.47. The Kier molecular flexibility index (Phi) is 4.01. The van der Waals surface area contributed by atoms with E-state index in [1.807, 2.05) is 30.3 Å². The predicted molar refractivity (Wildman–Crippen MR) is 77.4 cm³/mol. The summed E-state index contributed by atoms with van der Waals surface area (Å²) in [6.45, 7) is 2.88. The molecule has 0 saturated carbocycles. The molecule has 1 N–H and O–H groups in total. The molecule has 18 heavy (non-hydrogen) atoms. The highest BCUT2D eigenvalue weighted by Crippen LogP contribution is 2.24. The molecule has 0 aliphatic heterocycles. The normalized spacial score (nSPS) is 9.83. The number of aryl methyl sites for hydroxylation is 1. The van der Waals surface area contributed by atoms with Crippen LogP contribution in [0.4, 0.5) is 5.69 Å². The summed E-state index contributed by atoms with van der Waals surface area (Å²) in [7, 11) is 0. The summed E-state index contributed by atoms with van der Waals surface area (Å²) in [4.78, 5) is 0. The molecule has 0 unspecified atom stereocenters. The summed E-state index contributed by atoms with van der Waals surface area (Å²) in [6.07, 6.45) is 0. The second kappa shape index (κ2) is 5.70. The van der Waals surface area contributed by atoms with Gasteiger partial charge >= 0.3 is 0 Å². The van der Waals surface area contributed by atoms with E-state index in [4.69, 9.17) is 5.26 Å². The van der Waals surface area contributed by atoms with Crippen LogP contribution in [0.15, 0.2) is 46.9 Å². The minimum Gasteiger partial charge on any atom is -0.380 e. The molecule has 2 aromatic rings. The van der Waals surface area contributed by atoms with Crippen LogP contribution in [0.3, 0.4) is 0 Å². The fraction of sp³-hybridized carbons (Fsp3) is 0.133. The van der Waals surface area contributed by atoms with Crippen molar-refractivity contribution in [1.29, 1.82) is 5.26 Å². The molecule has 0 amide bonds. The van der Waals surface area contributed by atoms with Gasteiger partial charge in [-0.2, -0.15) is 5.26 Å². The van der Waals surface area contributed by atoms with E-state index >= 15 is 0 Å². The lowest BCUT2D eigenvalue weighted by Crippen LogP contribution is -2.01. The molecule has 0 bridgehead atoms. The number of nitrogens with zero attached hydrogens (tertiary/aromatic N) is 1. The largest absolute Gasteiger partial charge is 0.380 e. The van der Waals surface area contributed by atoms with Crippen LogP contribution in [0.1, 0.15) is 16.7 Å². The molecule has 0 fully saturated rings. The third kappa shape index (κ3) is 2.91. The van der Waals surface area contributed by atoms with Crippen molar-refractivity contribution in [2.75, 3.05) is 5.32 Å². The average Bonchev–Trinajstić information content (AvgIpc) is 2.39. The van der Waals surface area contributed by atoms with E-state index in [1.54, 1.807) is 0 Å². The maximum absolute atomic E-state index is 8.81. The first-order valence-corrected chi connectivity index (χ1v) is 6.48. The van der Waals surface area contributed by atoms with Crippen molar-refractivity contribution in [3.05, 3.63) is 63.6 Å². The van der Waals surface area contributed by atoms with Crippen molar-refractivity contribution in [3.63, 3.8) is 0 Å². The number of nitrogens with one attached hydrogen (secondary N) is 1. The topological polar surface area (TPSA) is 35.8 Å². The van der Waals surface area contributed by atoms with Crippen LogP contribution in [-0.4, -0.2) is 0 Å². The highest BCUT2D eigenvalue weighted by Gasteiger charge is 2.02. The molecule has 0 spiro atoms. The zero-order valence-corrected chi connectivity index (χ0v) is 11.7. The summed E-state index contributed by atoms with van der Waals surface area (Å²) in [5.41, 5.74) is 4.20. The average molecular weight is 301 g/mol. The zero-order valence-electron chi connectivity index (χ0n) is 10.1. The fourth-order valence-electron chi connectivity index (χ4n) is 1.73. The Morgan fingerprint density at radius 2 is 2.00 bits per heavy atom. The van der Waals surface area contributed by atoms with Crippen molar-refractivity contribution in [2.45, 2.75) is 13.5 Å². The van der Waals surface area contributed by atoms with Crippen LogP contribution < -0.4 is 5.32 Å². The smallest absolute Gasteiger partial charge is 0.0992 e. The molecule has 0 atom stereocenters. The van der Waals surface area contributed by atoms with Gasteiger partial charge in [0.05, 0.1) is 11.6 Å². The van der Waals surface area contributed by atoms with E-state index in [0.717, 1.165) is 16.7 Å². The van der Waals surface area contributed by atoms with Gasteiger partial charge in [0, 0.05) is 16.7 Å². The van der Waals surface area contributed by atoms with Gasteiger partial charge < -0.3 is 5.32 Å². The summed E-state index contributed by atoms with van der Waals surface area (Å²) in [6, 6.07) is 16.0. The molecule has 2 aromatic carbocycles. The summed E-state index contributed by atoms with van der Waals surface area (Å²) in [5.74, 6) is 0. The minimum absolute atomic E-state index is 0.656. The lowest BCUT2D eigenvalue weighted by molar-refractivity contribution is 1.12. The molecule has 2 rings (SSSR count). The van der Waals surface area contributed by atoms with Crippen molar-refractivity contribution in [1.82, 2.24) is 0 Å². The molecule has 2 nitrogen and oxygen atoms in total. The number of hydrogen-bond acceptors (Lipinski definition) is 2. The lowest BCUT2D eigenvalue weighted by Gasteiger charge is -2.10. The Morgan fingerprint density at radius 3 is 2.67 bits per heavy atom. The molecule has 0 aliphatic rings. The van der Waals surface area contributed by atoms with Gasteiger partial charge in [-0.15, -0.1) is 0 Å². The van der Waals surface area contributed by atoms with Gasteiger partial charge in [0.15, 0.2) is 0 Å². The molecule has 0 aromatic heterocycles. The van der Waals surface area contributed by atoms with Crippen LogP contribution in [-0.2, 0) is 6.54 Å². The third-order valence-electron chi connectivity index (χ3n) is 2.83. The van der Waals surface area contributed by atoms with Gasteiger partial charge in [-0.25, -0.2) is 0 Å². The van der Waals surface area contributed by atoms with Gasteiger partial charge in [-0.05, 0) is 52.2 Å². The Bertz CT molecular complexity index is 600. The first-order valence-electron chi connectivity index (χ1n) is 5.69. The first-order chi connectivity index (χ1) is 8.70. The zero-order chi connectivity index (χ0) is 13.0. The van der Waals surface area contributed by atoms with Crippen LogP contribution in [0, 0.1) is 18.3 Å². The number of benzene rings is 2. The number of rotatable bonds is 3. The second-order valence-corrected chi connectivity index (χ2v) is 4.94. The predicted octanol–water partition coefficient (Wildman–Crippen LogP) is 4.24. The van der Waals surface area contributed by atoms with Gasteiger partial charge in [0.25, 0.3) is 0 Å². The number of anilines is 1. The van der Waals surface area contributed by atoms with Crippen molar-refractivity contribution in [2.24, 2.45) is 0 Å². The highest BCUT2D eigenvalue weighted by atomic mass is 79.9. The van der Waals surface area contributed by atoms with Gasteiger partial charge in [-0.3, -0.25) is 0 Å². The van der Waals surface area contributed by atoms with E-state index in [0.29, 0.717) is 5.56 Å². The monoisotopic (exact) mass is 300 g/mol. The Morgan fingerprint density at radius 1 is 1.22 bits per heavy atom. The number of hydrogen-bond donors (Lipinski definition) is 1. The van der Waals surface area contributed by atoms with E-state index in [1.165, 1.54) is 11.1 Å². The van der Waals surface area contributed by atoms with E-state index in [2.05, 4.69) is 46.4 Å². The van der Waals surface area contributed by atoms with Gasteiger partial charge in [0.1, 0.15) is 0 Å². The molecular weight excluding hydrogens is 288 g/mol. The van der Waals surface area contributed by atoms with E-state index in [-0.39, 0.29) is 0 Å². The molecule has 0 aliphatic carbocycles. The van der Waals surface area contributed by atoms with Gasteiger partial charge in [-0.1, -0.05) is 24.3 Å². The van der Waals surface area contributed by atoms with Crippen LogP contribution in [0.5, 0.6) is 0 Å². The summed E-state index contributed by atoms with van der Waals surface area (Å²) in [5, 5.41) is 12.2. The van der Waals surface area contributed by atoms with Gasteiger partial charge in [0.2, 0.25) is 0 Å². The van der Waals surface area contributed by atoms with Crippen LogP contribution in [0.25, 0.3) is 0 Å². The van der Waals surface area contributed by atoms with Crippen LogP contribution in [0.2, 0.25) is 0 Å². The maximum Gasteiger partial charge on any atom is 0.0992 e. The Hall–Kier alpha value is -1.79. The Labute approximate surface area is 115 Å². The third-order valence-corrected chi connectivity index (χ3v) is 3.48. The quantitative estimate of drug-likeness (QED) is 0.920. The minimum atomic E-state index is 0.656. The van der Waals surface area contributed by atoms with Crippen molar-refractivity contribution >= 4 is 21.6 Å². The van der Waals surface area contributed by atoms with Crippen LogP contribution >= 0.6 is 15.9 Å². The number of halogens is 1. The lowest BCUT2D eigenvalue weighted by atomic mass is 10.1. The molecule has 0 heterocycles. The second-order valence-electron chi connectivity index (χ2n) is 4.09. The van der Waals surface area contributed by atoms with E-state index < -0.39 is 0 Å². The summed E-state index contributed by atoms with van der Waals surface area (Å²) < 4.78 is 0.912. The molecule has 3 heteroatoms. The molecule has 0 saturated heterocycles. The molecule has 0 radical (unpaired) electrons. The standard InChI is InChI=1S/C15H13BrN2/c1-11-4-2-3-5-13(11)10-18-15-7-6-12(9-17)8-14(15)16/h2-8,18H,10H2,1H3.